The predicted octanol–water partition coefficient (Wildman–Crippen LogP) is 2.99. The minimum Gasteiger partial charge on any atom is -0.508 e. The number of aromatic hydroxyl groups is 1. The van der Waals surface area contributed by atoms with Crippen molar-refractivity contribution in [3.05, 3.63) is 29.8 Å². The number of ketones is 1. The standard InChI is InChI=1S/C11H13BrO2/c1-7(2)10(12)11(14)8-3-5-9(13)6-4-8/h3-7,10,13H,1-2H3. The summed E-state index contributed by atoms with van der Waals surface area (Å²) in [7, 11) is 0. The molecular weight excluding hydrogens is 244 g/mol. The summed E-state index contributed by atoms with van der Waals surface area (Å²) in [4.78, 5) is 11.6. The van der Waals surface area contributed by atoms with Gasteiger partial charge in [0.15, 0.2) is 5.78 Å². The van der Waals surface area contributed by atoms with Crippen LogP contribution in [0.1, 0.15) is 24.2 Å². The molecule has 1 aromatic rings. The summed E-state index contributed by atoms with van der Waals surface area (Å²) >= 11 is 3.35. The van der Waals surface area contributed by atoms with Crippen molar-refractivity contribution in [3.8, 4) is 5.75 Å². The molecule has 0 saturated carbocycles. The van der Waals surface area contributed by atoms with Crippen LogP contribution < -0.4 is 0 Å². The molecule has 1 rings (SSSR count). The zero-order valence-electron chi connectivity index (χ0n) is 8.20. The Hall–Kier alpha value is -0.830. The largest absolute Gasteiger partial charge is 0.508 e. The maximum absolute atomic E-state index is 11.8. The van der Waals surface area contributed by atoms with Crippen molar-refractivity contribution in [1.29, 1.82) is 0 Å². The molecule has 1 unspecified atom stereocenters. The number of phenols is 1. The van der Waals surface area contributed by atoms with Crippen molar-refractivity contribution in [2.75, 3.05) is 0 Å². The Morgan fingerprint density at radius 1 is 1.29 bits per heavy atom. The zero-order valence-corrected chi connectivity index (χ0v) is 9.78. The number of benzene rings is 1. The van der Waals surface area contributed by atoms with Gasteiger partial charge < -0.3 is 5.11 Å². The Morgan fingerprint density at radius 2 is 1.79 bits per heavy atom. The quantitative estimate of drug-likeness (QED) is 0.667. The summed E-state index contributed by atoms with van der Waals surface area (Å²) in [5, 5.41) is 9.06. The number of phenolic OH excluding ortho intramolecular Hbond substituents is 1. The second-order valence-electron chi connectivity index (χ2n) is 3.56. The van der Waals surface area contributed by atoms with E-state index in [1.165, 1.54) is 12.1 Å². The molecule has 0 heterocycles. The second-order valence-corrected chi connectivity index (χ2v) is 4.54. The molecule has 76 valence electrons. The summed E-state index contributed by atoms with van der Waals surface area (Å²) < 4.78 is 0. The third-order valence-corrected chi connectivity index (χ3v) is 3.46. The first-order valence-electron chi connectivity index (χ1n) is 4.49. The van der Waals surface area contributed by atoms with E-state index in [1.54, 1.807) is 12.1 Å². The molecule has 0 aromatic heterocycles. The molecule has 1 atom stereocenters. The fraction of sp³-hybridized carbons (Fsp3) is 0.364. The van der Waals surface area contributed by atoms with Gasteiger partial charge in [-0.1, -0.05) is 29.8 Å². The van der Waals surface area contributed by atoms with Crippen LogP contribution in [-0.2, 0) is 0 Å². The van der Waals surface area contributed by atoms with Crippen LogP contribution in [0.2, 0.25) is 0 Å². The van der Waals surface area contributed by atoms with Gasteiger partial charge in [0.2, 0.25) is 0 Å². The molecule has 0 amide bonds. The molecule has 0 aliphatic heterocycles. The van der Waals surface area contributed by atoms with Crippen LogP contribution in [-0.4, -0.2) is 15.7 Å². The lowest BCUT2D eigenvalue weighted by molar-refractivity contribution is 0.0978. The van der Waals surface area contributed by atoms with Crippen LogP contribution in [0.5, 0.6) is 5.75 Å². The van der Waals surface area contributed by atoms with Crippen molar-refractivity contribution >= 4 is 21.7 Å². The lowest BCUT2D eigenvalue weighted by Gasteiger charge is -2.12. The maximum atomic E-state index is 11.8. The molecular formula is C11H13BrO2. The van der Waals surface area contributed by atoms with Crippen molar-refractivity contribution in [2.24, 2.45) is 5.92 Å². The lowest BCUT2D eigenvalue weighted by atomic mass is 10.0. The van der Waals surface area contributed by atoms with E-state index < -0.39 is 0 Å². The van der Waals surface area contributed by atoms with Gasteiger partial charge >= 0.3 is 0 Å². The molecule has 0 bridgehead atoms. The minimum absolute atomic E-state index is 0.0556. The Bertz CT molecular complexity index is 317. The number of Topliss-reactive ketones (excluding diaryl/α,β-unsaturated/α-hetero) is 1. The Labute approximate surface area is 92.1 Å². The van der Waals surface area contributed by atoms with E-state index in [1.807, 2.05) is 13.8 Å². The van der Waals surface area contributed by atoms with Gasteiger partial charge in [0.05, 0.1) is 4.83 Å². The molecule has 0 aliphatic rings. The van der Waals surface area contributed by atoms with E-state index in [-0.39, 0.29) is 22.3 Å². The summed E-state index contributed by atoms with van der Waals surface area (Å²) in [6.45, 7) is 3.97. The highest BCUT2D eigenvalue weighted by atomic mass is 79.9. The molecule has 0 saturated heterocycles. The maximum Gasteiger partial charge on any atom is 0.176 e. The normalized spacial score (nSPS) is 12.9. The van der Waals surface area contributed by atoms with Crippen LogP contribution >= 0.6 is 15.9 Å². The van der Waals surface area contributed by atoms with E-state index in [9.17, 15) is 4.79 Å². The van der Waals surface area contributed by atoms with Gasteiger partial charge in [-0.2, -0.15) is 0 Å². The average Bonchev–Trinajstić information content (AvgIpc) is 2.16. The van der Waals surface area contributed by atoms with Gasteiger partial charge in [0.25, 0.3) is 0 Å². The first-order valence-corrected chi connectivity index (χ1v) is 5.41. The molecule has 1 N–H and O–H groups in total. The summed E-state index contributed by atoms with van der Waals surface area (Å²) in [5.41, 5.74) is 0.623. The minimum atomic E-state index is -0.160. The smallest absolute Gasteiger partial charge is 0.176 e. The molecule has 0 aliphatic carbocycles. The highest BCUT2D eigenvalue weighted by Gasteiger charge is 2.19. The Balaban J connectivity index is 2.84. The average molecular weight is 257 g/mol. The topological polar surface area (TPSA) is 37.3 Å². The highest BCUT2D eigenvalue weighted by molar-refractivity contribution is 9.10. The first kappa shape index (κ1) is 11.2. The fourth-order valence-electron chi connectivity index (χ4n) is 1.09. The number of rotatable bonds is 3. The molecule has 14 heavy (non-hydrogen) atoms. The van der Waals surface area contributed by atoms with Gasteiger partial charge in [-0.15, -0.1) is 0 Å². The number of hydrogen-bond acceptors (Lipinski definition) is 2. The molecule has 1 aromatic carbocycles. The molecule has 2 nitrogen and oxygen atoms in total. The van der Waals surface area contributed by atoms with E-state index in [2.05, 4.69) is 15.9 Å². The van der Waals surface area contributed by atoms with Gasteiger partial charge in [0.1, 0.15) is 5.75 Å². The Morgan fingerprint density at radius 3 is 2.21 bits per heavy atom. The van der Waals surface area contributed by atoms with E-state index in [4.69, 9.17) is 5.11 Å². The SMILES string of the molecule is CC(C)C(Br)C(=O)c1ccc(O)cc1. The van der Waals surface area contributed by atoms with E-state index in [0.717, 1.165) is 0 Å². The lowest BCUT2D eigenvalue weighted by Crippen LogP contribution is -2.19. The first-order chi connectivity index (χ1) is 6.52. The number of halogens is 1. The number of hydrogen-bond donors (Lipinski definition) is 1. The van der Waals surface area contributed by atoms with E-state index in [0.29, 0.717) is 5.56 Å². The number of alkyl halides is 1. The molecule has 0 spiro atoms. The van der Waals surface area contributed by atoms with Crippen LogP contribution in [0.25, 0.3) is 0 Å². The van der Waals surface area contributed by atoms with Crippen LogP contribution in [0, 0.1) is 5.92 Å². The van der Waals surface area contributed by atoms with Crippen LogP contribution in [0.15, 0.2) is 24.3 Å². The summed E-state index contributed by atoms with van der Waals surface area (Å²) in [6, 6.07) is 6.31. The second kappa shape index (κ2) is 4.60. The Kier molecular flexibility index (Phi) is 3.69. The molecule has 3 heteroatoms. The third-order valence-electron chi connectivity index (χ3n) is 1.99. The monoisotopic (exact) mass is 256 g/mol. The zero-order chi connectivity index (χ0) is 10.7. The molecule has 0 fully saturated rings. The van der Waals surface area contributed by atoms with Gasteiger partial charge in [-0.25, -0.2) is 0 Å². The highest BCUT2D eigenvalue weighted by Crippen LogP contribution is 2.19. The van der Waals surface area contributed by atoms with E-state index >= 15 is 0 Å². The number of carbonyl (C=O) groups is 1. The molecule has 0 radical (unpaired) electrons. The number of carbonyl (C=O) groups excluding carboxylic acids is 1. The van der Waals surface area contributed by atoms with Gasteiger partial charge in [-0.05, 0) is 30.2 Å². The van der Waals surface area contributed by atoms with Crippen molar-refractivity contribution in [1.82, 2.24) is 0 Å². The summed E-state index contributed by atoms with van der Waals surface area (Å²) in [5.74, 6) is 0.494. The van der Waals surface area contributed by atoms with Crippen molar-refractivity contribution < 1.29 is 9.90 Å². The fourth-order valence-corrected chi connectivity index (χ4v) is 1.35. The van der Waals surface area contributed by atoms with Crippen molar-refractivity contribution in [2.45, 2.75) is 18.7 Å². The third kappa shape index (κ3) is 2.58. The van der Waals surface area contributed by atoms with Gasteiger partial charge in [-0.3, -0.25) is 4.79 Å². The van der Waals surface area contributed by atoms with Gasteiger partial charge in [0, 0.05) is 5.56 Å². The van der Waals surface area contributed by atoms with Crippen LogP contribution in [0.4, 0.5) is 0 Å². The van der Waals surface area contributed by atoms with Crippen molar-refractivity contribution in [3.63, 3.8) is 0 Å². The summed E-state index contributed by atoms with van der Waals surface area (Å²) in [6.07, 6.45) is 0. The van der Waals surface area contributed by atoms with Crippen LogP contribution in [0.3, 0.4) is 0 Å². The predicted molar refractivity (Wildman–Crippen MR) is 60.0 cm³/mol.